The SMILES string of the molecule is Cc1ccc(Cl)cc1N1C(=O)NC(=O)/C(=C\c2c(OCc3ccc(F)cc3)ccc3ccccc23)C1=O. The molecule has 8 heteroatoms. The number of halogens is 2. The van der Waals surface area contributed by atoms with Crippen molar-refractivity contribution < 1.29 is 23.5 Å². The van der Waals surface area contributed by atoms with Crippen LogP contribution in [-0.2, 0) is 16.2 Å². The largest absolute Gasteiger partial charge is 0.488 e. The average Bonchev–Trinajstić information content (AvgIpc) is 2.88. The van der Waals surface area contributed by atoms with Gasteiger partial charge in [0.2, 0.25) is 0 Å². The first-order valence-electron chi connectivity index (χ1n) is 11.4. The normalized spacial score (nSPS) is 14.8. The molecule has 4 aromatic carbocycles. The topological polar surface area (TPSA) is 75.7 Å². The minimum atomic E-state index is -0.858. The van der Waals surface area contributed by atoms with Gasteiger partial charge in [0.25, 0.3) is 11.8 Å². The summed E-state index contributed by atoms with van der Waals surface area (Å²) in [6.07, 6.45) is 1.43. The third-order valence-electron chi connectivity index (χ3n) is 6.04. The molecule has 0 aliphatic carbocycles. The molecule has 0 bridgehead atoms. The van der Waals surface area contributed by atoms with Crippen LogP contribution in [0.5, 0.6) is 5.75 Å². The molecule has 0 radical (unpaired) electrons. The van der Waals surface area contributed by atoms with Gasteiger partial charge in [0, 0.05) is 10.6 Å². The molecule has 1 saturated heterocycles. The molecule has 184 valence electrons. The first-order chi connectivity index (χ1) is 17.8. The van der Waals surface area contributed by atoms with Crippen LogP contribution in [0.25, 0.3) is 16.8 Å². The van der Waals surface area contributed by atoms with Gasteiger partial charge >= 0.3 is 6.03 Å². The zero-order chi connectivity index (χ0) is 26.1. The van der Waals surface area contributed by atoms with Gasteiger partial charge in [0.15, 0.2) is 0 Å². The summed E-state index contributed by atoms with van der Waals surface area (Å²) in [5, 5.41) is 4.20. The second-order valence-electron chi connectivity index (χ2n) is 8.50. The number of urea groups is 1. The lowest BCUT2D eigenvalue weighted by Crippen LogP contribution is -2.54. The maximum Gasteiger partial charge on any atom is 0.335 e. The first kappa shape index (κ1) is 24.2. The zero-order valence-electron chi connectivity index (χ0n) is 19.6. The number of nitrogens with zero attached hydrogens (tertiary/aromatic N) is 1. The number of hydrogen-bond donors (Lipinski definition) is 1. The molecule has 1 fully saturated rings. The standard InChI is InChI=1S/C29H20ClFN2O4/c1-17-6-10-20(30)14-25(17)33-28(35)24(27(34)32-29(33)36)15-23-22-5-3-2-4-19(22)9-13-26(23)37-16-18-7-11-21(31)12-8-18/h2-15H,16H2,1H3,(H,32,34,36)/b24-15+. The molecule has 0 unspecified atom stereocenters. The number of carbonyl (C=O) groups is 3. The van der Waals surface area contributed by atoms with Gasteiger partial charge in [-0.25, -0.2) is 14.1 Å². The molecule has 0 saturated carbocycles. The second-order valence-corrected chi connectivity index (χ2v) is 8.94. The molecule has 37 heavy (non-hydrogen) atoms. The highest BCUT2D eigenvalue weighted by Gasteiger charge is 2.37. The number of hydrogen-bond acceptors (Lipinski definition) is 4. The second kappa shape index (κ2) is 9.87. The van der Waals surface area contributed by atoms with Crippen molar-refractivity contribution in [3.8, 4) is 5.75 Å². The van der Waals surface area contributed by atoms with Gasteiger partial charge in [-0.05, 0) is 65.2 Å². The number of barbiturate groups is 1. The maximum atomic E-state index is 13.5. The molecular formula is C29H20ClFN2O4. The highest BCUT2D eigenvalue weighted by atomic mass is 35.5. The van der Waals surface area contributed by atoms with Crippen LogP contribution in [0.2, 0.25) is 5.02 Å². The fraction of sp³-hybridized carbons (Fsp3) is 0.0690. The van der Waals surface area contributed by atoms with E-state index < -0.39 is 17.8 Å². The minimum absolute atomic E-state index is 0.140. The summed E-state index contributed by atoms with van der Waals surface area (Å²) in [5.41, 5.74) is 1.92. The Hall–Kier alpha value is -4.49. The number of benzene rings is 4. The van der Waals surface area contributed by atoms with Crippen LogP contribution in [-0.4, -0.2) is 17.8 Å². The van der Waals surface area contributed by atoms with E-state index in [1.165, 1.54) is 24.3 Å². The van der Waals surface area contributed by atoms with E-state index in [4.69, 9.17) is 16.3 Å². The van der Waals surface area contributed by atoms with E-state index in [0.717, 1.165) is 21.2 Å². The number of ether oxygens (including phenoxy) is 1. The molecule has 1 heterocycles. The van der Waals surface area contributed by atoms with Crippen molar-refractivity contribution in [2.24, 2.45) is 0 Å². The number of imide groups is 2. The molecule has 1 aliphatic heterocycles. The number of rotatable bonds is 5. The summed E-state index contributed by atoms with van der Waals surface area (Å²) in [4.78, 5) is 40.0. The van der Waals surface area contributed by atoms with Crippen LogP contribution in [0, 0.1) is 12.7 Å². The number of fused-ring (bicyclic) bond motifs is 1. The third-order valence-corrected chi connectivity index (χ3v) is 6.28. The maximum absolute atomic E-state index is 13.5. The third kappa shape index (κ3) is 4.81. The van der Waals surface area contributed by atoms with Crippen LogP contribution in [0.4, 0.5) is 14.9 Å². The van der Waals surface area contributed by atoms with Crippen molar-refractivity contribution in [3.05, 3.63) is 112 Å². The van der Waals surface area contributed by atoms with Crippen molar-refractivity contribution in [1.82, 2.24) is 5.32 Å². The van der Waals surface area contributed by atoms with E-state index in [-0.39, 0.29) is 23.7 Å². The summed E-state index contributed by atoms with van der Waals surface area (Å²) >= 11 is 6.12. The van der Waals surface area contributed by atoms with E-state index >= 15 is 0 Å². The van der Waals surface area contributed by atoms with E-state index in [0.29, 0.717) is 21.9 Å². The number of amides is 4. The summed E-state index contributed by atoms with van der Waals surface area (Å²) < 4.78 is 19.3. The number of carbonyl (C=O) groups excluding carboxylic acids is 3. The van der Waals surface area contributed by atoms with E-state index in [9.17, 15) is 18.8 Å². The summed E-state index contributed by atoms with van der Waals surface area (Å²) in [6, 6.07) is 21.0. The van der Waals surface area contributed by atoms with E-state index in [1.54, 1.807) is 37.3 Å². The summed E-state index contributed by atoms with van der Waals surface area (Å²) in [7, 11) is 0. The molecule has 6 nitrogen and oxygen atoms in total. The Morgan fingerprint density at radius 1 is 0.973 bits per heavy atom. The summed E-state index contributed by atoms with van der Waals surface area (Å²) in [6.45, 7) is 1.87. The van der Waals surface area contributed by atoms with Crippen molar-refractivity contribution in [1.29, 1.82) is 0 Å². The van der Waals surface area contributed by atoms with Crippen LogP contribution < -0.4 is 15.0 Å². The quantitative estimate of drug-likeness (QED) is 0.255. The van der Waals surface area contributed by atoms with E-state index in [1.807, 2.05) is 30.3 Å². The van der Waals surface area contributed by atoms with Crippen molar-refractivity contribution in [2.75, 3.05) is 4.90 Å². The van der Waals surface area contributed by atoms with Crippen LogP contribution >= 0.6 is 11.6 Å². The van der Waals surface area contributed by atoms with Gasteiger partial charge in [0.05, 0.1) is 5.69 Å². The predicted molar refractivity (Wildman–Crippen MR) is 140 cm³/mol. The first-order valence-corrected chi connectivity index (χ1v) is 11.8. The van der Waals surface area contributed by atoms with Gasteiger partial charge in [-0.1, -0.05) is 60.1 Å². The predicted octanol–water partition coefficient (Wildman–Crippen LogP) is 6.19. The van der Waals surface area contributed by atoms with Gasteiger partial charge in [-0.3, -0.25) is 14.9 Å². The molecule has 4 aromatic rings. The van der Waals surface area contributed by atoms with Crippen LogP contribution in [0.1, 0.15) is 16.7 Å². The average molecular weight is 515 g/mol. The van der Waals surface area contributed by atoms with Crippen molar-refractivity contribution >= 4 is 52.0 Å². The molecule has 0 spiro atoms. The lowest BCUT2D eigenvalue weighted by Gasteiger charge is -2.28. The summed E-state index contributed by atoms with van der Waals surface area (Å²) in [5.74, 6) is -1.53. The van der Waals surface area contributed by atoms with Crippen molar-refractivity contribution in [2.45, 2.75) is 13.5 Å². The number of aryl methyl sites for hydroxylation is 1. The monoisotopic (exact) mass is 514 g/mol. The minimum Gasteiger partial charge on any atom is -0.488 e. The number of anilines is 1. The smallest absolute Gasteiger partial charge is 0.335 e. The van der Waals surface area contributed by atoms with E-state index in [2.05, 4.69) is 5.32 Å². The lowest BCUT2D eigenvalue weighted by molar-refractivity contribution is -0.122. The Morgan fingerprint density at radius 3 is 2.51 bits per heavy atom. The molecule has 4 amide bonds. The van der Waals surface area contributed by atoms with Gasteiger partial charge < -0.3 is 4.74 Å². The Kier molecular flexibility index (Phi) is 6.46. The molecule has 1 aliphatic rings. The lowest BCUT2D eigenvalue weighted by atomic mass is 9.99. The Morgan fingerprint density at radius 2 is 1.73 bits per heavy atom. The molecule has 1 N–H and O–H groups in total. The van der Waals surface area contributed by atoms with Crippen molar-refractivity contribution in [3.63, 3.8) is 0 Å². The van der Waals surface area contributed by atoms with Gasteiger partial charge in [-0.2, -0.15) is 0 Å². The van der Waals surface area contributed by atoms with Gasteiger partial charge in [-0.15, -0.1) is 0 Å². The Bertz CT molecular complexity index is 1600. The van der Waals surface area contributed by atoms with Gasteiger partial charge in [0.1, 0.15) is 23.7 Å². The Labute approximate surface area is 216 Å². The van der Waals surface area contributed by atoms with Crippen LogP contribution in [0.3, 0.4) is 0 Å². The zero-order valence-corrected chi connectivity index (χ0v) is 20.4. The van der Waals surface area contributed by atoms with Crippen LogP contribution in [0.15, 0.2) is 84.4 Å². The fourth-order valence-electron chi connectivity index (χ4n) is 4.14. The molecular weight excluding hydrogens is 495 g/mol. The highest BCUT2D eigenvalue weighted by Crippen LogP contribution is 2.33. The molecule has 0 aromatic heterocycles. The highest BCUT2D eigenvalue weighted by molar-refractivity contribution is 6.40. The fourth-order valence-corrected chi connectivity index (χ4v) is 4.30. The Balaban J connectivity index is 1.59. The molecule has 0 atom stereocenters. The molecule has 5 rings (SSSR count). The number of nitrogens with one attached hydrogen (secondary N) is 1.